The Labute approximate surface area is 102 Å². The van der Waals surface area contributed by atoms with Crippen LogP contribution < -0.4 is 5.32 Å². The summed E-state index contributed by atoms with van der Waals surface area (Å²) in [7, 11) is 0. The first-order valence-electron chi connectivity index (χ1n) is 6.47. The number of nitrogens with zero attached hydrogens (tertiary/aromatic N) is 1. The molecule has 0 aliphatic carbocycles. The molecule has 88 valence electrons. The number of aromatic nitrogens is 1. The van der Waals surface area contributed by atoms with Crippen LogP contribution in [-0.2, 0) is 6.42 Å². The summed E-state index contributed by atoms with van der Waals surface area (Å²) in [5.74, 6) is 0.835. The molecule has 1 fully saturated rings. The number of nitrogens with one attached hydrogen (secondary N) is 1. The van der Waals surface area contributed by atoms with Crippen LogP contribution in [0.1, 0.15) is 18.4 Å². The molecule has 2 aromatic rings. The van der Waals surface area contributed by atoms with Crippen molar-refractivity contribution in [3.05, 3.63) is 42.1 Å². The van der Waals surface area contributed by atoms with E-state index < -0.39 is 0 Å². The van der Waals surface area contributed by atoms with Crippen LogP contribution >= 0.6 is 0 Å². The zero-order chi connectivity index (χ0) is 11.5. The van der Waals surface area contributed by atoms with Gasteiger partial charge in [0, 0.05) is 11.6 Å². The predicted octanol–water partition coefficient (Wildman–Crippen LogP) is 2.78. The summed E-state index contributed by atoms with van der Waals surface area (Å²) in [6.45, 7) is 2.35. The highest BCUT2D eigenvalue weighted by atomic mass is 14.9. The van der Waals surface area contributed by atoms with Gasteiger partial charge in [-0.25, -0.2) is 0 Å². The first-order chi connectivity index (χ1) is 8.43. The van der Waals surface area contributed by atoms with E-state index in [1.165, 1.54) is 43.3 Å². The van der Waals surface area contributed by atoms with E-state index in [0.29, 0.717) is 0 Å². The van der Waals surface area contributed by atoms with Crippen LogP contribution in [0.25, 0.3) is 10.9 Å². The largest absolute Gasteiger partial charge is 0.317 e. The molecule has 0 bridgehead atoms. The Balaban J connectivity index is 1.89. The zero-order valence-corrected chi connectivity index (χ0v) is 10.0. The average Bonchev–Trinajstić information content (AvgIpc) is 2.40. The summed E-state index contributed by atoms with van der Waals surface area (Å²) in [5.41, 5.74) is 2.58. The number of fused-ring (bicyclic) bond motifs is 1. The molecular formula is C15H18N2. The van der Waals surface area contributed by atoms with E-state index in [4.69, 9.17) is 0 Å². The van der Waals surface area contributed by atoms with Crippen LogP contribution in [0.15, 0.2) is 36.5 Å². The smallest absolute Gasteiger partial charge is 0.0704 e. The number of benzene rings is 1. The lowest BCUT2D eigenvalue weighted by Crippen LogP contribution is -2.28. The fraction of sp³-hybridized carbons (Fsp3) is 0.400. The molecule has 0 spiro atoms. The molecule has 0 saturated carbocycles. The minimum Gasteiger partial charge on any atom is -0.317 e. The lowest BCUT2D eigenvalue weighted by molar-refractivity contribution is 0.373. The first-order valence-corrected chi connectivity index (χ1v) is 6.47. The molecule has 1 aliphatic heterocycles. The molecule has 1 N–H and O–H groups in total. The van der Waals surface area contributed by atoms with E-state index in [9.17, 15) is 0 Å². The third-order valence-corrected chi connectivity index (χ3v) is 3.70. The maximum atomic E-state index is 4.42. The molecule has 17 heavy (non-hydrogen) atoms. The summed E-state index contributed by atoms with van der Waals surface area (Å²) in [6, 6.07) is 10.7. The molecule has 0 unspecified atom stereocenters. The van der Waals surface area contributed by atoms with Gasteiger partial charge in [0.2, 0.25) is 0 Å². The van der Waals surface area contributed by atoms with Crippen molar-refractivity contribution >= 4 is 10.9 Å². The van der Waals surface area contributed by atoms with Gasteiger partial charge in [-0.2, -0.15) is 0 Å². The predicted molar refractivity (Wildman–Crippen MR) is 71.0 cm³/mol. The van der Waals surface area contributed by atoms with E-state index in [1.807, 2.05) is 12.3 Å². The van der Waals surface area contributed by atoms with Crippen LogP contribution in [0, 0.1) is 5.92 Å². The lowest BCUT2D eigenvalue weighted by atomic mass is 9.89. The fourth-order valence-corrected chi connectivity index (χ4v) is 2.74. The summed E-state index contributed by atoms with van der Waals surface area (Å²) in [6.07, 6.45) is 5.68. The van der Waals surface area contributed by atoms with Crippen molar-refractivity contribution in [1.82, 2.24) is 10.3 Å². The summed E-state index contributed by atoms with van der Waals surface area (Å²) in [4.78, 5) is 4.42. The molecule has 2 nitrogen and oxygen atoms in total. The highest BCUT2D eigenvalue weighted by Gasteiger charge is 2.14. The lowest BCUT2D eigenvalue weighted by Gasteiger charge is -2.23. The second-order valence-electron chi connectivity index (χ2n) is 4.88. The molecule has 1 aromatic heterocycles. The van der Waals surface area contributed by atoms with Crippen molar-refractivity contribution in [3.8, 4) is 0 Å². The molecule has 1 saturated heterocycles. The summed E-state index contributed by atoms with van der Waals surface area (Å²) < 4.78 is 0. The molecule has 0 atom stereocenters. The SMILES string of the molecule is c1cc(CC2CCNCC2)c2cccnc2c1. The molecule has 2 heteroatoms. The molecule has 0 radical (unpaired) electrons. The molecule has 2 heterocycles. The monoisotopic (exact) mass is 226 g/mol. The highest BCUT2D eigenvalue weighted by molar-refractivity contribution is 5.81. The van der Waals surface area contributed by atoms with Gasteiger partial charge in [0.15, 0.2) is 0 Å². The Hall–Kier alpha value is -1.41. The van der Waals surface area contributed by atoms with E-state index in [-0.39, 0.29) is 0 Å². The first kappa shape index (κ1) is 10.7. The van der Waals surface area contributed by atoms with Crippen LogP contribution in [0.5, 0.6) is 0 Å². The Morgan fingerprint density at radius 2 is 2.00 bits per heavy atom. The maximum Gasteiger partial charge on any atom is 0.0704 e. The quantitative estimate of drug-likeness (QED) is 0.851. The molecular weight excluding hydrogens is 208 g/mol. The van der Waals surface area contributed by atoms with Gasteiger partial charge in [0.25, 0.3) is 0 Å². The van der Waals surface area contributed by atoms with Gasteiger partial charge in [-0.3, -0.25) is 4.98 Å². The number of hydrogen-bond donors (Lipinski definition) is 1. The Morgan fingerprint density at radius 3 is 2.88 bits per heavy atom. The third-order valence-electron chi connectivity index (χ3n) is 3.70. The number of pyridine rings is 1. The Kier molecular flexibility index (Phi) is 3.06. The van der Waals surface area contributed by atoms with Gasteiger partial charge < -0.3 is 5.32 Å². The molecule has 3 rings (SSSR count). The van der Waals surface area contributed by atoms with Gasteiger partial charge in [-0.1, -0.05) is 18.2 Å². The van der Waals surface area contributed by atoms with Crippen LogP contribution in [0.4, 0.5) is 0 Å². The van der Waals surface area contributed by atoms with E-state index >= 15 is 0 Å². The minimum atomic E-state index is 0.835. The van der Waals surface area contributed by atoms with Crippen molar-refractivity contribution in [2.75, 3.05) is 13.1 Å². The van der Waals surface area contributed by atoms with E-state index in [1.54, 1.807) is 0 Å². The van der Waals surface area contributed by atoms with Crippen molar-refractivity contribution in [1.29, 1.82) is 0 Å². The minimum absolute atomic E-state index is 0.835. The van der Waals surface area contributed by atoms with Gasteiger partial charge in [0.05, 0.1) is 5.52 Å². The van der Waals surface area contributed by atoms with Gasteiger partial charge in [0.1, 0.15) is 0 Å². The standard InChI is InChI=1S/C15H18N2/c1-3-13(11-12-6-9-16-10-7-12)14-4-2-8-17-15(14)5-1/h1-5,8,12,16H,6-7,9-11H2. The van der Waals surface area contributed by atoms with Gasteiger partial charge >= 0.3 is 0 Å². The summed E-state index contributed by atoms with van der Waals surface area (Å²) >= 11 is 0. The van der Waals surface area contributed by atoms with E-state index in [0.717, 1.165) is 11.4 Å². The van der Waals surface area contributed by atoms with Crippen molar-refractivity contribution in [2.24, 2.45) is 5.92 Å². The van der Waals surface area contributed by atoms with Gasteiger partial charge in [-0.15, -0.1) is 0 Å². The second-order valence-corrected chi connectivity index (χ2v) is 4.88. The highest BCUT2D eigenvalue weighted by Crippen LogP contribution is 2.23. The fourth-order valence-electron chi connectivity index (χ4n) is 2.74. The van der Waals surface area contributed by atoms with Gasteiger partial charge in [-0.05, 0) is 56.0 Å². The van der Waals surface area contributed by atoms with Crippen LogP contribution in [0.2, 0.25) is 0 Å². The van der Waals surface area contributed by atoms with Crippen molar-refractivity contribution < 1.29 is 0 Å². The normalized spacial score (nSPS) is 17.4. The van der Waals surface area contributed by atoms with E-state index in [2.05, 4.69) is 34.6 Å². The average molecular weight is 226 g/mol. The Bertz CT molecular complexity index is 496. The number of rotatable bonds is 2. The maximum absolute atomic E-state index is 4.42. The van der Waals surface area contributed by atoms with Crippen LogP contribution in [-0.4, -0.2) is 18.1 Å². The third kappa shape index (κ3) is 2.32. The second kappa shape index (κ2) is 4.84. The Morgan fingerprint density at radius 1 is 1.12 bits per heavy atom. The molecule has 1 aromatic carbocycles. The van der Waals surface area contributed by atoms with Crippen molar-refractivity contribution in [3.63, 3.8) is 0 Å². The number of hydrogen-bond acceptors (Lipinski definition) is 2. The topological polar surface area (TPSA) is 24.9 Å². The summed E-state index contributed by atoms with van der Waals surface area (Å²) in [5, 5.41) is 4.75. The van der Waals surface area contributed by atoms with Crippen LogP contribution in [0.3, 0.4) is 0 Å². The zero-order valence-electron chi connectivity index (χ0n) is 10.0. The molecule has 0 amide bonds. The molecule has 1 aliphatic rings. The number of piperidine rings is 1. The van der Waals surface area contributed by atoms with Crippen molar-refractivity contribution in [2.45, 2.75) is 19.3 Å².